The normalized spacial score (nSPS) is 10.3. The highest BCUT2D eigenvalue weighted by Crippen LogP contribution is 2.20. The Morgan fingerprint density at radius 1 is 1.04 bits per heavy atom. The molecule has 2 aromatic carbocycles. The van der Waals surface area contributed by atoms with E-state index in [1.165, 1.54) is 6.39 Å². The van der Waals surface area contributed by atoms with Gasteiger partial charge in [-0.2, -0.15) is 0 Å². The van der Waals surface area contributed by atoms with Crippen molar-refractivity contribution in [3.8, 4) is 11.3 Å². The van der Waals surface area contributed by atoms with Crippen molar-refractivity contribution in [2.45, 2.75) is 0 Å². The van der Waals surface area contributed by atoms with Gasteiger partial charge in [-0.1, -0.05) is 24.3 Å². The lowest BCUT2D eigenvalue weighted by Gasteiger charge is -2.09. The topological polar surface area (TPSA) is 98.2 Å². The molecule has 0 bridgehead atoms. The van der Waals surface area contributed by atoms with E-state index in [4.69, 9.17) is 10.2 Å². The van der Waals surface area contributed by atoms with Gasteiger partial charge in [0.1, 0.15) is 0 Å². The fourth-order valence-corrected chi connectivity index (χ4v) is 2.15. The minimum absolute atomic E-state index is 0.263. The van der Waals surface area contributed by atoms with Crippen LogP contribution in [-0.2, 0) is 0 Å². The minimum atomic E-state index is -0.596. The molecule has 3 rings (SSSR count). The molecule has 0 aliphatic rings. The SMILES string of the molecule is NC(=O)c1ccccc1NC(=O)c1ccc(-c2cnco2)cc1. The first-order chi connectivity index (χ1) is 11.1. The average molecular weight is 307 g/mol. The number of benzene rings is 2. The molecule has 0 atom stereocenters. The number of anilines is 1. The Morgan fingerprint density at radius 3 is 2.43 bits per heavy atom. The molecule has 3 N–H and O–H groups in total. The van der Waals surface area contributed by atoms with Crippen LogP contribution in [0.15, 0.2) is 65.5 Å². The second kappa shape index (κ2) is 6.15. The van der Waals surface area contributed by atoms with E-state index >= 15 is 0 Å². The van der Waals surface area contributed by atoms with Crippen molar-refractivity contribution in [2.75, 3.05) is 5.32 Å². The van der Waals surface area contributed by atoms with E-state index in [1.54, 1.807) is 54.7 Å². The number of carbonyl (C=O) groups excluding carboxylic acids is 2. The third-order valence-corrected chi connectivity index (χ3v) is 3.30. The van der Waals surface area contributed by atoms with Gasteiger partial charge in [-0.25, -0.2) is 4.98 Å². The highest BCUT2D eigenvalue weighted by atomic mass is 16.3. The van der Waals surface area contributed by atoms with E-state index in [2.05, 4.69) is 10.3 Å². The Kier molecular flexibility index (Phi) is 3.88. The Hall–Kier alpha value is -3.41. The zero-order chi connectivity index (χ0) is 16.2. The molecule has 0 aliphatic heterocycles. The zero-order valence-electron chi connectivity index (χ0n) is 12.0. The monoisotopic (exact) mass is 307 g/mol. The van der Waals surface area contributed by atoms with Crippen molar-refractivity contribution < 1.29 is 14.0 Å². The minimum Gasteiger partial charge on any atom is -0.444 e. The van der Waals surface area contributed by atoms with Crippen LogP contribution in [0.1, 0.15) is 20.7 Å². The number of carbonyl (C=O) groups is 2. The van der Waals surface area contributed by atoms with Gasteiger partial charge in [-0.05, 0) is 24.3 Å². The van der Waals surface area contributed by atoms with Gasteiger partial charge in [-0.15, -0.1) is 0 Å². The molecule has 0 saturated carbocycles. The Balaban J connectivity index is 1.80. The van der Waals surface area contributed by atoms with Gasteiger partial charge in [0.15, 0.2) is 12.2 Å². The molecule has 0 fully saturated rings. The highest BCUT2D eigenvalue weighted by Gasteiger charge is 2.12. The number of hydrogen-bond donors (Lipinski definition) is 2. The summed E-state index contributed by atoms with van der Waals surface area (Å²) in [6.07, 6.45) is 2.94. The number of para-hydroxylation sites is 1. The van der Waals surface area contributed by atoms with E-state index in [9.17, 15) is 9.59 Å². The van der Waals surface area contributed by atoms with E-state index < -0.39 is 5.91 Å². The zero-order valence-corrected chi connectivity index (χ0v) is 12.0. The largest absolute Gasteiger partial charge is 0.444 e. The highest BCUT2D eigenvalue weighted by molar-refractivity contribution is 6.08. The number of primary amides is 1. The second-order valence-corrected chi connectivity index (χ2v) is 4.81. The lowest BCUT2D eigenvalue weighted by atomic mass is 10.1. The number of aromatic nitrogens is 1. The van der Waals surface area contributed by atoms with Crippen molar-refractivity contribution in [3.05, 3.63) is 72.2 Å². The third kappa shape index (κ3) is 3.11. The Bertz CT molecular complexity index is 840. The second-order valence-electron chi connectivity index (χ2n) is 4.81. The smallest absolute Gasteiger partial charge is 0.255 e. The van der Waals surface area contributed by atoms with Crippen LogP contribution < -0.4 is 11.1 Å². The first kappa shape index (κ1) is 14.5. The molecule has 3 aromatic rings. The van der Waals surface area contributed by atoms with Crippen LogP contribution in [0.5, 0.6) is 0 Å². The summed E-state index contributed by atoms with van der Waals surface area (Å²) >= 11 is 0. The fraction of sp³-hybridized carbons (Fsp3) is 0. The predicted molar refractivity (Wildman–Crippen MR) is 84.9 cm³/mol. The molecule has 0 radical (unpaired) electrons. The van der Waals surface area contributed by atoms with Crippen LogP contribution in [0.4, 0.5) is 5.69 Å². The van der Waals surface area contributed by atoms with E-state index in [0.29, 0.717) is 17.0 Å². The van der Waals surface area contributed by atoms with Gasteiger partial charge in [0.2, 0.25) is 0 Å². The van der Waals surface area contributed by atoms with E-state index in [1.807, 2.05) is 0 Å². The first-order valence-corrected chi connectivity index (χ1v) is 6.84. The standard InChI is InChI=1S/C17H13N3O3/c18-16(21)13-3-1-2-4-14(13)20-17(22)12-7-5-11(6-8-12)15-9-19-10-23-15/h1-10H,(H2,18,21)(H,20,22). The quantitative estimate of drug-likeness (QED) is 0.774. The van der Waals surface area contributed by atoms with Gasteiger partial charge >= 0.3 is 0 Å². The lowest BCUT2D eigenvalue weighted by molar-refractivity contribution is 0.100. The number of hydrogen-bond acceptors (Lipinski definition) is 4. The average Bonchev–Trinajstić information content (AvgIpc) is 3.10. The molecule has 1 aromatic heterocycles. The van der Waals surface area contributed by atoms with Crippen molar-refractivity contribution in [1.82, 2.24) is 4.98 Å². The Morgan fingerprint density at radius 2 is 1.78 bits per heavy atom. The van der Waals surface area contributed by atoms with E-state index in [-0.39, 0.29) is 11.5 Å². The lowest BCUT2D eigenvalue weighted by Crippen LogP contribution is -2.18. The summed E-state index contributed by atoms with van der Waals surface area (Å²) in [5.74, 6) is -0.305. The van der Waals surface area contributed by atoms with Gasteiger partial charge in [0.05, 0.1) is 17.4 Å². The number of nitrogens with zero attached hydrogens (tertiary/aromatic N) is 1. The van der Waals surface area contributed by atoms with E-state index in [0.717, 1.165) is 5.56 Å². The van der Waals surface area contributed by atoms with Gasteiger partial charge < -0.3 is 15.5 Å². The van der Waals surface area contributed by atoms with Crippen LogP contribution >= 0.6 is 0 Å². The van der Waals surface area contributed by atoms with Crippen molar-refractivity contribution in [1.29, 1.82) is 0 Å². The maximum atomic E-state index is 12.3. The summed E-state index contributed by atoms with van der Waals surface area (Å²) in [4.78, 5) is 27.5. The van der Waals surface area contributed by atoms with Crippen molar-refractivity contribution in [3.63, 3.8) is 0 Å². The molecule has 23 heavy (non-hydrogen) atoms. The van der Waals surface area contributed by atoms with Crippen molar-refractivity contribution in [2.24, 2.45) is 5.73 Å². The summed E-state index contributed by atoms with van der Waals surface area (Å²) in [5, 5.41) is 2.69. The molecule has 2 amide bonds. The van der Waals surface area contributed by atoms with Gasteiger partial charge in [0, 0.05) is 11.1 Å². The van der Waals surface area contributed by atoms with Crippen LogP contribution in [0.25, 0.3) is 11.3 Å². The number of oxazole rings is 1. The molecule has 6 nitrogen and oxygen atoms in total. The molecule has 0 aliphatic carbocycles. The molecule has 0 spiro atoms. The molecule has 1 heterocycles. The summed E-state index contributed by atoms with van der Waals surface area (Å²) in [5.41, 5.74) is 7.21. The summed E-state index contributed by atoms with van der Waals surface area (Å²) < 4.78 is 5.19. The van der Waals surface area contributed by atoms with Crippen LogP contribution in [-0.4, -0.2) is 16.8 Å². The number of nitrogens with one attached hydrogen (secondary N) is 1. The molecule has 6 heteroatoms. The van der Waals surface area contributed by atoms with Crippen LogP contribution in [0, 0.1) is 0 Å². The summed E-state index contributed by atoms with van der Waals surface area (Å²) in [6.45, 7) is 0. The maximum Gasteiger partial charge on any atom is 0.255 e. The van der Waals surface area contributed by atoms with Crippen LogP contribution in [0.3, 0.4) is 0 Å². The number of amides is 2. The van der Waals surface area contributed by atoms with Gasteiger partial charge in [-0.3, -0.25) is 9.59 Å². The molecular weight excluding hydrogens is 294 g/mol. The molecule has 114 valence electrons. The predicted octanol–water partition coefficient (Wildman–Crippen LogP) is 2.69. The number of rotatable bonds is 4. The number of nitrogens with two attached hydrogens (primary N) is 1. The molecular formula is C17H13N3O3. The first-order valence-electron chi connectivity index (χ1n) is 6.84. The molecule has 0 saturated heterocycles. The fourth-order valence-electron chi connectivity index (χ4n) is 2.15. The maximum absolute atomic E-state index is 12.3. The summed E-state index contributed by atoms with van der Waals surface area (Å²) in [7, 11) is 0. The van der Waals surface area contributed by atoms with Crippen molar-refractivity contribution >= 4 is 17.5 Å². The molecule has 0 unspecified atom stereocenters. The summed E-state index contributed by atoms with van der Waals surface area (Å²) in [6, 6.07) is 13.4. The van der Waals surface area contributed by atoms with Crippen LogP contribution in [0.2, 0.25) is 0 Å². The third-order valence-electron chi connectivity index (χ3n) is 3.30. The van der Waals surface area contributed by atoms with Gasteiger partial charge in [0.25, 0.3) is 11.8 Å². The Labute approximate surface area is 132 Å².